The Morgan fingerprint density at radius 3 is 2.80 bits per heavy atom. The second-order valence-corrected chi connectivity index (χ2v) is 6.86. The molecule has 1 aliphatic carbocycles. The first-order valence-electron chi connectivity index (χ1n) is 8.17. The van der Waals surface area contributed by atoms with Crippen molar-refractivity contribution in [2.75, 3.05) is 17.3 Å². The van der Waals surface area contributed by atoms with E-state index in [2.05, 4.69) is 27.3 Å². The van der Waals surface area contributed by atoms with Gasteiger partial charge in [-0.05, 0) is 26.7 Å². The summed E-state index contributed by atoms with van der Waals surface area (Å²) in [6.45, 7) is 3.91. The highest BCUT2D eigenvalue weighted by Crippen LogP contribution is 2.40. The summed E-state index contributed by atoms with van der Waals surface area (Å²) in [5, 5.41) is 8.18. The summed E-state index contributed by atoms with van der Waals surface area (Å²) in [7, 11) is 3.53. The average Bonchev–Trinajstić information content (AvgIpc) is 2.98. The minimum atomic E-state index is -0.178. The van der Waals surface area contributed by atoms with Gasteiger partial charge < -0.3 is 14.6 Å². The lowest BCUT2D eigenvalue weighted by Crippen LogP contribution is -2.26. The number of rotatable bonds is 4. The van der Waals surface area contributed by atoms with Crippen molar-refractivity contribution in [2.45, 2.75) is 32.2 Å². The molecule has 0 atom stereocenters. The number of amides is 1. The van der Waals surface area contributed by atoms with Gasteiger partial charge in [-0.2, -0.15) is 5.10 Å². The van der Waals surface area contributed by atoms with E-state index in [9.17, 15) is 4.79 Å². The van der Waals surface area contributed by atoms with Gasteiger partial charge in [0.15, 0.2) is 0 Å². The molecule has 0 radical (unpaired) electrons. The van der Waals surface area contributed by atoms with Crippen LogP contribution in [0.15, 0.2) is 23.1 Å². The molecule has 1 saturated carbocycles. The van der Waals surface area contributed by atoms with Gasteiger partial charge in [0.1, 0.15) is 17.9 Å². The number of aryl methyl sites for hydroxylation is 2. The van der Waals surface area contributed by atoms with Gasteiger partial charge in [-0.25, -0.2) is 9.97 Å². The second-order valence-electron chi connectivity index (χ2n) is 6.86. The number of carbonyl (C=O) groups is 1. The number of nitrogens with one attached hydrogen (secondary N) is 1. The fourth-order valence-corrected chi connectivity index (χ4v) is 2.86. The van der Waals surface area contributed by atoms with E-state index in [1.54, 1.807) is 35.9 Å². The van der Waals surface area contributed by atoms with Crippen LogP contribution in [0.5, 0.6) is 0 Å². The van der Waals surface area contributed by atoms with Gasteiger partial charge in [-0.1, -0.05) is 0 Å². The highest BCUT2D eigenvalue weighted by atomic mass is 16.3. The molecule has 1 N–H and O–H groups in total. The van der Waals surface area contributed by atoms with Crippen LogP contribution in [0.3, 0.4) is 0 Å². The predicted molar refractivity (Wildman–Crippen MR) is 93.7 cm³/mol. The molecular formula is C17H20N6O2. The quantitative estimate of drug-likeness (QED) is 0.785. The summed E-state index contributed by atoms with van der Waals surface area (Å²) < 4.78 is 7.38. The van der Waals surface area contributed by atoms with Crippen LogP contribution in [0.2, 0.25) is 0 Å². The van der Waals surface area contributed by atoms with Crippen LogP contribution in [-0.4, -0.2) is 38.2 Å². The Morgan fingerprint density at radius 1 is 1.40 bits per heavy atom. The maximum atomic E-state index is 13.1. The Morgan fingerprint density at radius 2 is 2.16 bits per heavy atom. The number of hydrogen-bond donors (Lipinski definition) is 1. The number of nitrogens with zero attached hydrogens (tertiary/aromatic N) is 5. The van der Waals surface area contributed by atoms with Gasteiger partial charge in [0, 0.05) is 25.8 Å². The topological polar surface area (TPSA) is 89.1 Å². The number of fused-ring (bicyclic) bond motifs is 1. The maximum absolute atomic E-state index is 13.1. The standard InChI is InChI=1S/C17H20N6O2/c1-10-12(16(24)23(4)11-7-20-22(3)8-11)13-14(21-17(2)5-6-17)18-9-19-15(13)25-10/h7-9H,5-6H2,1-4H3,(H,18,19,21). The summed E-state index contributed by atoms with van der Waals surface area (Å²) in [5.41, 5.74) is 1.64. The molecule has 3 aromatic rings. The largest absolute Gasteiger partial charge is 0.442 e. The first-order valence-corrected chi connectivity index (χ1v) is 8.17. The summed E-state index contributed by atoms with van der Waals surface area (Å²) >= 11 is 0. The lowest BCUT2D eigenvalue weighted by Gasteiger charge is -2.16. The van der Waals surface area contributed by atoms with E-state index in [1.165, 1.54) is 6.33 Å². The lowest BCUT2D eigenvalue weighted by atomic mass is 10.1. The van der Waals surface area contributed by atoms with Crippen molar-refractivity contribution < 1.29 is 9.21 Å². The number of hydrogen-bond acceptors (Lipinski definition) is 6. The van der Waals surface area contributed by atoms with Gasteiger partial charge in [0.2, 0.25) is 5.71 Å². The van der Waals surface area contributed by atoms with Gasteiger partial charge in [-0.15, -0.1) is 0 Å². The van der Waals surface area contributed by atoms with Crippen molar-refractivity contribution in [2.24, 2.45) is 7.05 Å². The molecule has 8 heteroatoms. The molecule has 4 rings (SSSR count). The fourth-order valence-electron chi connectivity index (χ4n) is 2.86. The van der Waals surface area contributed by atoms with Gasteiger partial charge >= 0.3 is 0 Å². The zero-order valence-corrected chi connectivity index (χ0v) is 14.7. The maximum Gasteiger partial charge on any atom is 0.262 e. The molecule has 0 spiro atoms. The summed E-state index contributed by atoms with van der Waals surface area (Å²) in [5.74, 6) is 0.994. The molecule has 0 bridgehead atoms. The molecule has 1 aliphatic rings. The molecule has 0 unspecified atom stereocenters. The minimum Gasteiger partial charge on any atom is -0.442 e. The second kappa shape index (κ2) is 5.30. The lowest BCUT2D eigenvalue weighted by molar-refractivity contribution is 0.0993. The van der Waals surface area contributed by atoms with E-state index in [1.807, 2.05) is 7.05 Å². The van der Waals surface area contributed by atoms with E-state index in [4.69, 9.17) is 4.42 Å². The van der Waals surface area contributed by atoms with Crippen LogP contribution >= 0.6 is 0 Å². The van der Waals surface area contributed by atoms with E-state index < -0.39 is 0 Å². The molecule has 0 saturated heterocycles. The molecule has 130 valence electrons. The van der Waals surface area contributed by atoms with Crippen LogP contribution in [0.4, 0.5) is 11.5 Å². The molecule has 0 aromatic carbocycles. The van der Waals surface area contributed by atoms with Crippen LogP contribution < -0.4 is 10.2 Å². The SMILES string of the molecule is Cc1oc2ncnc(NC3(C)CC3)c2c1C(=O)N(C)c1cnn(C)c1. The third-order valence-corrected chi connectivity index (χ3v) is 4.68. The van der Waals surface area contributed by atoms with Crippen molar-refractivity contribution in [3.63, 3.8) is 0 Å². The van der Waals surface area contributed by atoms with Crippen LogP contribution in [0, 0.1) is 6.92 Å². The van der Waals surface area contributed by atoms with Crippen molar-refractivity contribution in [1.29, 1.82) is 0 Å². The Hall–Kier alpha value is -2.90. The highest BCUT2D eigenvalue weighted by Gasteiger charge is 2.38. The third-order valence-electron chi connectivity index (χ3n) is 4.68. The molecule has 0 aliphatic heterocycles. The highest BCUT2D eigenvalue weighted by molar-refractivity contribution is 6.16. The van der Waals surface area contributed by atoms with Crippen LogP contribution in [0.25, 0.3) is 11.1 Å². The van der Waals surface area contributed by atoms with Gasteiger partial charge in [0.05, 0.1) is 22.8 Å². The van der Waals surface area contributed by atoms with E-state index >= 15 is 0 Å². The predicted octanol–water partition coefficient (Wildman–Crippen LogP) is 2.51. The minimum absolute atomic E-state index is 0.0298. The normalized spacial score (nSPS) is 15.4. The Bertz CT molecular complexity index is 969. The van der Waals surface area contributed by atoms with E-state index in [0.717, 1.165) is 12.8 Å². The smallest absolute Gasteiger partial charge is 0.262 e. The Balaban J connectivity index is 1.80. The van der Waals surface area contributed by atoms with Crippen molar-refractivity contribution >= 4 is 28.5 Å². The number of carbonyl (C=O) groups excluding carboxylic acids is 1. The third kappa shape index (κ3) is 2.63. The zero-order valence-electron chi connectivity index (χ0n) is 14.7. The van der Waals surface area contributed by atoms with Crippen LogP contribution in [0.1, 0.15) is 35.9 Å². The zero-order chi connectivity index (χ0) is 17.8. The van der Waals surface area contributed by atoms with Crippen molar-refractivity contribution in [3.05, 3.63) is 30.0 Å². The van der Waals surface area contributed by atoms with E-state index in [-0.39, 0.29) is 11.4 Å². The molecule has 1 amide bonds. The number of anilines is 2. The molecule has 8 nitrogen and oxygen atoms in total. The molecule has 3 aromatic heterocycles. The Labute approximate surface area is 144 Å². The summed E-state index contributed by atoms with van der Waals surface area (Å²) in [6, 6.07) is 0. The molecule has 3 heterocycles. The van der Waals surface area contributed by atoms with Crippen molar-refractivity contribution in [3.8, 4) is 0 Å². The average molecular weight is 340 g/mol. The monoisotopic (exact) mass is 340 g/mol. The summed E-state index contributed by atoms with van der Waals surface area (Å²) in [6.07, 6.45) is 7.05. The van der Waals surface area contributed by atoms with Gasteiger partial charge in [-0.3, -0.25) is 9.48 Å². The molecular weight excluding hydrogens is 320 g/mol. The number of furan rings is 1. The number of aromatic nitrogens is 4. The molecule has 25 heavy (non-hydrogen) atoms. The fraction of sp³-hybridized carbons (Fsp3) is 0.412. The van der Waals surface area contributed by atoms with E-state index in [0.29, 0.717) is 33.9 Å². The first-order chi connectivity index (χ1) is 11.9. The first kappa shape index (κ1) is 15.6. The van der Waals surface area contributed by atoms with Crippen LogP contribution in [-0.2, 0) is 7.05 Å². The summed E-state index contributed by atoms with van der Waals surface area (Å²) in [4.78, 5) is 23.2. The van der Waals surface area contributed by atoms with Gasteiger partial charge in [0.25, 0.3) is 5.91 Å². The Kier molecular flexibility index (Phi) is 3.31. The molecule has 1 fully saturated rings. The van der Waals surface area contributed by atoms with Crippen molar-refractivity contribution in [1.82, 2.24) is 19.7 Å².